The summed E-state index contributed by atoms with van der Waals surface area (Å²) in [6.07, 6.45) is 0.581. The Bertz CT molecular complexity index is 3980. The van der Waals surface area contributed by atoms with E-state index in [1.165, 1.54) is 6.08 Å². The van der Waals surface area contributed by atoms with Gasteiger partial charge in [0.1, 0.15) is 29.2 Å². The normalized spacial score (nSPS) is 12.6. The van der Waals surface area contributed by atoms with Gasteiger partial charge in [0.15, 0.2) is 29.3 Å². The summed E-state index contributed by atoms with van der Waals surface area (Å²) in [5, 5.41) is 8.36. The number of hydrogen-bond acceptors (Lipinski definition) is 9. The number of allylic oxidation sites excluding steroid dienone is 1. The molecule has 93 heavy (non-hydrogen) atoms. The first-order chi connectivity index (χ1) is 44.7. The number of hydrogen-bond donors (Lipinski definition) is 3. The number of carbonyl (C=O) groups is 8. The van der Waals surface area contributed by atoms with Crippen LogP contribution in [-0.2, 0) is 28.7 Å². The van der Waals surface area contributed by atoms with Crippen LogP contribution in [0.3, 0.4) is 0 Å². The van der Waals surface area contributed by atoms with Crippen molar-refractivity contribution < 1.29 is 51.9 Å². The molecule has 9 rings (SSSR count). The minimum Gasteiger partial charge on any atom is -0.481 e. The van der Waals surface area contributed by atoms with Gasteiger partial charge in [0.25, 0.3) is 5.91 Å². The summed E-state index contributed by atoms with van der Waals surface area (Å²) in [5.74, 6) is -10.6. The molecule has 0 fully saturated rings. The van der Waals surface area contributed by atoms with E-state index in [4.69, 9.17) is 4.74 Å². The number of benzene rings is 9. The van der Waals surface area contributed by atoms with Crippen LogP contribution in [0.15, 0.2) is 267 Å². The van der Waals surface area contributed by atoms with Crippen LogP contribution < -0.4 is 16.0 Å². The van der Waals surface area contributed by atoms with Crippen LogP contribution in [0, 0.1) is 48.1 Å². The lowest BCUT2D eigenvalue weighted by Crippen LogP contribution is -2.40. The van der Waals surface area contributed by atoms with E-state index < -0.39 is 76.6 Å². The van der Waals surface area contributed by atoms with Gasteiger partial charge in [-0.2, -0.15) is 0 Å². The number of halogens is 2. The standard InChI is InChI=1S/C27H27NO3.C26H23F2NO3.C26H25NO3/c1-19(2)24(18-25(29)28-23-12-8-5-9-13-23)31-27(22-10-6-4-7-11-22)26(30)21-16-14-20(3)15-17-21;1-16(2)24(30)23(26(32)29-19-11-7-4-8-12-19)22(17-9-5-3-6-10-17)25(31)18-13-14-20(27)21(28)15-18;1-18(2)24(28)23(26(30)27-21-16-10-5-11-17-21)22(19-12-6-3-7-13-19)25(29)20-14-8-4-9-15-20/h4-19,27H,1-3H3,(H,28,29);3-16,22-23H,1-2H3,(H,29,32);3-18,22-23H,1-2H3,(H,27,30)/b24-18-;;. The van der Waals surface area contributed by atoms with E-state index >= 15 is 0 Å². The molecule has 0 aliphatic heterocycles. The van der Waals surface area contributed by atoms with Gasteiger partial charge in [-0.1, -0.05) is 247 Å². The molecular formula is C79H75F2N3O9. The van der Waals surface area contributed by atoms with Crippen LogP contribution in [0.1, 0.15) is 113 Å². The summed E-state index contributed by atoms with van der Waals surface area (Å²) in [6, 6.07) is 72.6. The first-order valence-electron chi connectivity index (χ1n) is 30.6. The van der Waals surface area contributed by atoms with E-state index in [1.54, 1.807) is 161 Å². The molecule has 0 saturated carbocycles. The molecule has 0 aromatic heterocycles. The summed E-state index contributed by atoms with van der Waals surface area (Å²) >= 11 is 0. The van der Waals surface area contributed by atoms with Crippen LogP contribution >= 0.6 is 0 Å². The smallest absolute Gasteiger partial charge is 0.251 e. The average Bonchev–Trinajstić information content (AvgIpc) is 0.864. The summed E-state index contributed by atoms with van der Waals surface area (Å²) in [6.45, 7) is 12.6. The zero-order valence-corrected chi connectivity index (χ0v) is 52.9. The number of amides is 3. The molecule has 0 spiro atoms. The summed E-state index contributed by atoms with van der Waals surface area (Å²) in [7, 11) is 0. The fourth-order valence-electron chi connectivity index (χ4n) is 10.1. The third-order valence-electron chi connectivity index (χ3n) is 15.0. The maximum Gasteiger partial charge on any atom is 0.251 e. The Morgan fingerprint density at radius 2 is 0.710 bits per heavy atom. The van der Waals surface area contributed by atoms with Crippen LogP contribution in [0.4, 0.5) is 25.8 Å². The molecule has 3 N–H and O–H groups in total. The van der Waals surface area contributed by atoms with E-state index in [2.05, 4.69) is 16.0 Å². The third kappa shape index (κ3) is 19.8. The molecule has 0 heterocycles. The van der Waals surface area contributed by atoms with Crippen molar-refractivity contribution in [3.8, 4) is 0 Å². The number of anilines is 3. The van der Waals surface area contributed by atoms with Crippen molar-refractivity contribution in [2.75, 3.05) is 16.0 Å². The Balaban J connectivity index is 0.000000198. The first-order valence-corrected chi connectivity index (χ1v) is 30.6. The predicted octanol–water partition coefficient (Wildman–Crippen LogP) is 16.7. The van der Waals surface area contributed by atoms with Gasteiger partial charge < -0.3 is 20.7 Å². The molecule has 5 atom stereocenters. The molecule has 14 heteroatoms. The average molecular weight is 1250 g/mol. The largest absolute Gasteiger partial charge is 0.481 e. The number of para-hydroxylation sites is 3. The van der Waals surface area contributed by atoms with E-state index in [-0.39, 0.29) is 34.7 Å². The van der Waals surface area contributed by atoms with Crippen molar-refractivity contribution in [3.63, 3.8) is 0 Å². The molecule has 3 amide bonds. The predicted molar refractivity (Wildman–Crippen MR) is 360 cm³/mol. The molecule has 0 bridgehead atoms. The maximum absolute atomic E-state index is 13.9. The lowest BCUT2D eigenvalue weighted by Gasteiger charge is -2.26. The summed E-state index contributed by atoms with van der Waals surface area (Å²) in [4.78, 5) is 106. The number of carbonyl (C=O) groups excluding carboxylic acids is 8. The second-order valence-corrected chi connectivity index (χ2v) is 23.0. The van der Waals surface area contributed by atoms with Gasteiger partial charge in [-0.05, 0) is 72.6 Å². The molecule has 9 aromatic rings. The number of rotatable bonds is 24. The quantitative estimate of drug-likeness (QED) is 0.0229. The van der Waals surface area contributed by atoms with Gasteiger partial charge in [-0.25, -0.2) is 8.78 Å². The van der Waals surface area contributed by atoms with Crippen molar-refractivity contribution in [1.29, 1.82) is 0 Å². The lowest BCUT2D eigenvalue weighted by atomic mass is 9.75. The Morgan fingerprint density at radius 1 is 0.366 bits per heavy atom. The van der Waals surface area contributed by atoms with Gasteiger partial charge in [0.2, 0.25) is 17.6 Å². The topological polar surface area (TPSA) is 182 Å². The molecular weight excluding hydrogens is 1170 g/mol. The molecule has 0 saturated heterocycles. The fourth-order valence-corrected chi connectivity index (χ4v) is 10.1. The second-order valence-electron chi connectivity index (χ2n) is 23.0. The van der Waals surface area contributed by atoms with Gasteiger partial charge in [0, 0.05) is 63.1 Å². The van der Waals surface area contributed by atoms with Crippen molar-refractivity contribution in [3.05, 3.63) is 317 Å². The SMILES string of the molecule is CC(C)C(=O)C(C(=O)Nc1ccccc1)C(C(=O)c1ccc(F)c(F)c1)c1ccccc1.CC(C)C(=O)C(C(=O)Nc1ccccc1)C(C(=O)c1ccccc1)c1ccccc1.Cc1ccc(C(=O)C(O/C(=C\C(=O)Nc2ccccc2)C(C)C)c2ccccc2)cc1. The number of nitrogens with one attached hydrogen (secondary N) is 3. The van der Waals surface area contributed by atoms with Crippen molar-refractivity contribution in [1.82, 2.24) is 0 Å². The summed E-state index contributed by atoms with van der Waals surface area (Å²) in [5.41, 5.74) is 5.58. The molecule has 0 aliphatic carbocycles. The van der Waals surface area contributed by atoms with Crippen molar-refractivity contribution >= 4 is 63.7 Å². The highest BCUT2D eigenvalue weighted by Crippen LogP contribution is 2.35. The highest BCUT2D eigenvalue weighted by Gasteiger charge is 2.43. The van der Waals surface area contributed by atoms with E-state index in [9.17, 15) is 47.1 Å². The zero-order valence-electron chi connectivity index (χ0n) is 52.9. The number of ketones is 5. The van der Waals surface area contributed by atoms with Crippen molar-refractivity contribution in [2.24, 2.45) is 29.6 Å². The van der Waals surface area contributed by atoms with E-state index in [0.717, 1.165) is 29.3 Å². The highest BCUT2D eigenvalue weighted by atomic mass is 19.2. The number of Topliss-reactive ketones (excluding diaryl/α,β-unsaturated/α-hetero) is 5. The van der Waals surface area contributed by atoms with Crippen LogP contribution in [-0.4, -0.2) is 46.6 Å². The number of ether oxygens (including phenoxy) is 1. The van der Waals surface area contributed by atoms with Crippen molar-refractivity contribution in [2.45, 2.75) is 66.4 Å². The molecule has 0 radical (unpaired) electrons. The molecule has 5 unspecified atom stereocenters. The highest BCUT2D eigenvalue weighted by molar-refractivity contribution is 6.16. The maximum atomic E-state index is 13.9. The molecule has 12 nitrogen and oxygen atoms in total. The Morgan fingerprint density at radius 3 is 1.10 bits per heavy atom. The Hall–Kier alpha value is -10.9. The minimum absolute atomic E-state index is 0.0847. The molecule has 0 aliphatic rings. The summed E-state index contributed by atoms with van der Waals surface area (Å²) < 4.78 is 33.5. The van der Waals surface area contributed by atoms with Gasteiger partial charge in [-0.15, -0.1) is 0 Å². The third-order valence-corrected chi connectivity index (χ3v) is 15.0. The molecule has 9 aromatic carbocycles. The van der Waals surface area contributed by atoms with E-state index in [0.29, 0.717) is 45.1 Å². The van der Waals surface area contributed by atoms with Crippen LogP contribution in [0.2, 0.25) is 0 Å². The van der Waals surface area contributed by atoms with Crippen LogP contribution in [0.25, 0.3) is 0 Å². The minimum atomic E-state index is -1.36. The Kier molecular flexibility index (Phi) is 25.7. The second kappa shape index (κ2) is 34.4. The molecule has 474 valence electrons. The monoisotopic (exact) mass is 1250 g/mol. The Labute approximate surface area is 542 Å². The van der Waals surface area contributed by atoms with E-state index in [1.807, 2.05) is 124 Å². The van der Waals surface area contributed by atoms with Gasteiger partial charge in [-0.3, -0.25) is 38.4 Å². The zero-order chi connectivity index (χ0) is 67.0. The first kappa shape index (κ1) is 69.6. The fraction of sp³-hybridized carbons (Fsp3) is 0.190. The van der Waals surface area contributed by atoms with Gasteiger partial charge >= 0.3 is 0 Å². The van der Waals surface area contributed by atoms with Gasteiger partial charge in [0.05, 0.1) is 11.8 Å². The van der Waals surface area contributed by atoms with Crippen LogP contribution in [0.5, 0.6) is 0 Å². The lowest BCUT2D eigenvalue weighted by molar-refractivity contribution is -0.135. The number of aryl methyl sites for hydroxylation is 1.